The topological polar surface area (TPSA) is 87.1 Å². The predicted octanol–water partition coefficient (Wildman–Crippen LogP) is 3.96. The normalized spacial score (nSPS) is 10.3. The summed E-state index contributed by atoms with van der Waals surface area (Å²) in [6.07, 6.45) is 0. The molecule has 0 spiro atoms. The van der Waals surface area contributed by atoms with Crippen molar-refractivity contribution in [3.05, 3.63) is 77.4 Å². The van der Waals surface area contributed by atoms with Crippen LogP contribution in [0.25, 0.3) is 0 Å². The highest BCUT2D eigenvalue weighted by atomic mass is 16.5. The van der Waals surface area contributed by atoms with Gasteiger partial charge in [-0.2, -0.15) is 4.98 Å². The lowest BCUT2D eigenvalue weighted by Crippen LogP contribution is -2.05. The number of hydrogen-bond acceptors (Lipinski definition) is 6. The molecular weight excluding hydrogens is 374 g/mol. The molecule has 150 valence electrons. The van der Waals surface area contributed by atoms with Gasteiger partial charge in [-0.25, -0.2) is 4.79 Å². The summed E-state index contributed by atoms with van der Waals surface area (Å²) in [7, 11) is 3.20. The summed E-state index contributed by atoms with van der Waals surface area (Å²) in [6, 6.07) is 17.5. The molecule has 0 aliphatic rings. The fourth-order valence-electron chi connectivity index (χ4n) is 2.51. The Hall–Kier alpha value is -3.74. The zero-order valence-corrected chi connectivity index (χ0v) is 16.1. The van der Waals surface area contributed by atoms with Crippen LogP contribution in [-0.4, -0.2) is 30.3 Å². The molecule has 0 bridgehead atoms. The van der Waals surface area contributed by atoms with E-state index in [4.69, 9.17) is 18.9 Å². The second-order valence-electron chi connectivity index (χ2n) is 6.11. The number of ether oxygens (including phenoxy) is 4. The molecule has 1 aromatic heterocycles. The quantitative estimate of drug-likeness (QED) is 0.587. The second-order valence-corrected chi connectivity index (χ2v) is 6.11. The molecule has 1 N–H and O–H groups in total. The van der Waals surface area contributed by atoms with Crippen molar-refractivity contribution in [2.24, 2.45) is 0 Å². The first-order chi connectivity index (χ1) is 14.1. The first kappa shape index (κ1) is 20.0. The highest BCUT2D eigenvalue weighted by molar-refractivity contribution is 5.88. The lowest BCUT2D eigenvalue weighted by atomic mass is 10.2. The molecule has 1 heterocycles. The minimum Gasteiger partial charge on any atom is -0.497 e. The third-order valence-corrected chi connectivity index (χ3v) is 4.12. The number of nitrogens with zero attached hydrogens (tertiary/aromatic N) is 1. The average molecular weight is 395 g/mol. The van der Waals surface area contributed by atoms with Crippen LogP contribution in [0.15, 0.2) is 60.7 Å². The Kier molecular flexibility index (Phi) is 6.52. The first-order valence-corrected chi connectivity index (χ1v) is 8.84. The molecule has 0 fully saturated rings. The number of carboxylic acids is 1. The van der Waals surface area contributed by atoms with Crippen molar-refractivity contribution in [3.8, 4) is 23.3 Å². The molecule has 0 saturated carbocycles. The standard InChI is InChI=1S/C22H21NO6/c1-26-18-7-3-15(4-8-18)13-28-20-11-17(22(24)25)12-21(23-20)29-14-16-5-9-19(27-2)10-6-16/h3-12H,13-14H2,1-2H3,(H,24,25). The molecule has 2 aromatic carbocycles. The van der Waals surface area contributed by atoms with Gasteiger partial charge in [-0.15, -0.1) is 0 Å². The van der Waals surface area contributed by atoms with Gasteiger partial charge in [0.25, 0.3) is 0 Å². The average Bonchev–Trinajstić information content (AvgIpc) is 2.76. The lowest BCUT2D eigenvalue weighted by molar-refractivity contribution is 0.0695. The molecule has 3 aromatic rings. The van der Waals surface area contributed by atoms with Crippen LogP contribution in [0, 0.1) is 0 Å². The largest absolute Gasteiger partial charge is 0.497 e. The van der Waals surface area contributed by atoms with Crippen LogP contribution in [0.3, 0.4) is 0 Å². The molecule has 0 atom stereocenters. The Morgan fingerprint density at radius 3 is 1.55 bits per heavy atom. The van der Waals surface area contributed by atoms with Crippen LogP contribution in [0.1, 0.15) is 21.5 Å². The van der Waals surface area contributed by atoms with E-state index in [0.29, 0.717) is 0 Å². The SMILES string of the molecule is COc1ccc(COc2cc(C(=O)O)cc(OCc3ccc(OC)cc3)n2)cc1. The number of methoxy groups -OCH3 is 2. The van der Waals surface area contributed by atoms with Crippen molar-refractivity contribution in [1.29, 1.82) is 0 Å². The van der Waals surface area contributed by atoms with E-state index in [1.54, 1.807) is 14.2 Å². The number of carboxylic acid groups (broad SMARTS) is 1. The summed E-state index contributed by atoms with van der Waals surface area (Å²) in [5.74, 6) is 0.745. The van der Waals surface area contributed by atoms with Crippen LogP contribution < -0.4 is 18.9 Å². The first-order valence-electron chi connectivity index (χ1n) is 8.84. The van der Waals surface area contributed by atoms with Crippen molar-refractivity contribution in [2.75, 3.05) is 14.2 Å². The summed E-state index contributed by atoms with van der Waals surface area (Å²) in [5.41, 5.74) is 1.83. The molecule has 0 radical (unpaired) electrons. The summed E-state index contributed by atoms with van der Waals surface area (Å²) in [6.45, 7) is 0.468. The molecule has 7 heteroatoms. The predicted molar refractivity (Wildman–Crippen MR) is 106 cm³/mol. The van der Waals surface area contributed by atoms with E-state index in [1.165, 1.54) is 12.1 Å². The summed E-state index contributed by atoms with van der Waals surface area (Å²) >= 11 is 0. The number of hydrogen-bond donors (Lipinski definition) is 1. The highest BCUT2D eigenvalue weighted by Crippen LogP contribution is 2.21. The number of benzene rings is 2. The van der Waals surface area contributed by atoms with Gasteiger partial charge in [0.1, 0.15) is 24.7 Å². The van der Waals surface area contributed by atoms with E-state index in [-0.39, 0.29) is 30.5 Å². The number of rotatable bonds is 9. The van der Waals surface area contributed by atoms with Crippen LogP contribution in [0.2, 0.25) is 0 Å². The summed E-state index contributed by atoms with van der Waals surface area (Å²) in [4.78, 5) is 15.7. The van der Waals surface area contributed by atoms with Crippen LogP contribution in [0.5, 0.6) is 23.3 Å². The van der Waals surface area contributed by atoms with Crippen molar-refractivity contribution < 1.29 is 28.8 Å². The minimum atomic E-state index is -1.09. The van der Waals surface area contributed by atoms with Gasteiger partial charge in [0.05, 0.1) is 19.8 Å². The molecule has 0 saturated heterocycles. The molecule has 0 amide bonds. The Labute approximate surface area is 168 Å². The molecule has 3 rings (SSSR count). The Morgan fingerprint density at radius 1 is 0.793 bits per heavy atom. The number of carbonyl (C=O) groups is 1. The van der Waals surface area contributed by atoms with E-state index in [9.17, 15) is 9.90 Å². The lowest BCUT2D eigenvalue weighted by Gasteiger charge is -2.11. The maximum Gasteiger partial charge on any atom is 0.336 e. The molecular formula is C22H21NO6. The van der Waals surface area contributed by atoms with E-state index in [0.717, 1.165) is 22.6 Å². The van der Waals surface area contributed by atoms with Gasteiger partial charge >= 0.3 is 5.97 Å². The Balaban J connectivity index is 1.69. The fraction of sp³-hybridized carbons (Fsp3) is 0.182. The highest BCUT2D eigenvalue weighted by Gasteiger charge is 2.11. The van der Waals surface area contributed by atoms with E-state index in [2.05, 4.69) is 4.98 Å². The van der Waals surface area contributed by atoms with Gasteiger partial charge in [-0.05, 0) is 35.4 Å². The van der Waals surface area contributed by atoms with Gasteiger partial charge in [-0.1, -0.05) is 24.3 Å². The Morgan fingerprint density at radius 2 is 1.21 bits per heavy atom. The summed E-state index contributed by atoms with van der Waals surface area (Å²) < 4.78 is 21.6. The Bertz CT molecular complexity index is 884. The minimum absolute atomic E-state index is 0.0365. The third kappa shape index (κ3) is 5.62. The number of pyridine rings is 1. The van der Waals surface area contributed by atoms with Crippen molar-refractivity contribution in [2.45, 2.75) is 13.2 Å². The van der Waals surface area contributed by atoms with Gasteiger partial charge in [-0.3, -0.25) is 0 Å². The van der Waals surface area contributed by atoms with Crippen molar-refractivity contribution in [3.63, 3.8) is 0 Å². The molecule has 0 aliphatic heterocycles. The van der Waals surface area contributed by atoms with Gasteiger partial charge in [0.2, 0.25) is 11.8 Å². The van der Waals surface area contributed by atoms with Crippen LogP contribution >= 0.6 is 0 Å². The van der Waals surface area contributed by atoms with E-state index >= 15 is 0 Å². The van der Waals surface area contributed by atoms with Gasteiger partial charge < -0.3 is 24.1 Å². The number of aromatic carboxylic acids is 1. The maximum absolute atomic E-state index is 11.4. The third-order valence-electron chi connectivity index (χ3n) is 4.12. The monoisotopic (exact) mass is 395 g/mol. The zero-order valence-electron chi connectivity index (χ0n) is 16.1. The van der Waals surface area contributed by atoms with Gasteiger partial charge in [0.15, 0.2) is 0 Å². The van der Waals surface area contributed by atoms with Crippen LogP contribution in [-0.2, 0) is 13.2 Å². The van der Waals surface area contributed by atoms with Crippen molar-refractivity contribution >= 4 is 5.97 Å². The summed E-state index contributed by atoms with van der Waals surface area (Å²) in [5, 5.41) is 9.35. The smallest absolute Gasteiger partial charge is 0.336 e. The molecule has 0 aliphatic carbocycles. The maximum atomic E-state index is 11.4. The van der Waals surface area contributed by atoms with Gasteiger partial charge in [0, 0.05) is 12.1 Å². The zero-order chi connectivity index (χ0) is 20.6. The fourth-order valence-corrected chi connectivity index (χ4v) is 2.51. The second kappa shape index (κ2) is 9.45. The molecule has 7 nitrogen and oxygen atoms in total. The van der Waals surface area contributed by atoms with Crippen LogP contribution in [0.4, 0.5) is 0 Å². The number of aromatic nitrogens is 1. The molecule has 0 unspecified atom stereocenters. The van der Waals surface area contributed by atoms with E-state index in [1.807, 2.05) is 48.5 Å². The van der Waals surface area contributed by atoms with Crippen molar-refractivity contribution in [1.82, 2.24) is 4.98 Å². The molecule has 29 heavy (non-hydrogen) atoms. The van der Waals surface area contributed by atoms with E-state index < -0.39 is 5.97 Å².